The lowest BCUT2D eigenvalue weighted by atomic mass is 10.0. The Bertz CT molecular complexity index is 593. The summed E-state index contributed by atoms with van der Waals surface area (Å²) < 4.78 is 5.14. The van der Waals surface area contributed by atoms with Crippen LogP contribution in [0.4, 0.5) is 0 Å². The lowest BCUT2D eigenvalue weighted by molar-refractivity contribution is 0.0697. The minimum absolute atomic E-state index is 0.0944. The summed E-state index contributed by atoms with van der Waals surface area (Å²) in [4.78, 5) is 11.0. The van der Waals surface area contributed by atoms with Gasteiger partial charge in [0.05, 0.1) is 17.7 Å². The summed E-state index contributed by atoms with van der Waals surface area (Å²) in [7, 11) is 1.59. The molecule has 0 aliphatic heterocycles. The summed E-state index contributed by atoms with van der Waals surface area (Å²) in [6, 6.07) is 12.3. The van der Waals surface area contributed by atoms with Crippen molar-refractivity contribution >= 4 is 17.6 Å². The molecule has 2 aromatic carbocycles. The molecular weight excluding hydrogens is 252 g/mol. The molecule has 2 aromatic rings. The van der Waals surface area contributed by atoms with E-state index in [2.05, 4.69) is 0 Å². The molecule has 4 heteroatoms. The van der Waals surface area contributed by atoms with Gasteiger partial charge in [-0.2, -0.15) is 0 Å². The Balaban J connectivity index is 2.50. The van der Waals surface area contributed by atoms with Gasteiger partial charge in [0.25, 0.3) is 0 Å². The van der Waals surface area contributed by atoms with E-state index in [0.29, 0.717) is 0 Å². The van der Waals surface area contributed by atoms with E-state index in [9.17, 15) is 4.79 Å². The molecule has 0 aliphatic rings. The van der Waals surface area contributed by atoms with Gasteiger partial charge in [0.2, 0.25) is 0 Å². The Morgan fingerprint density at radius 1 is 1.17 bits per heavy atom. The van der Waals surface area contributed by atoms with Crippen LogP contribution in [-0.4, -0.2) is 18.2 Å². The highest BCUT2D eigenvalue weighted by Crippen LogP contribution is 2.27. The van der Waals surface area contributed by atoms with E-state index in [0.717, 1.165) is 16.9 Å². The lowest BCUT2D eigenvalue weighted by Gasteiger charge is -2.06. The number of halogens is 1. The highest BCUT2D eigenvalue weighted by Gasteiger charge is 2.10. The van der Waals surface area contributed by atoms with Gasteiger partial charge in [0.1, 0.15) is 5.75 Å². The van der Waals surface area contributed by atoms with Crippen molar-refractivity contribution in [3.8, 4) is 16.9 Å². The number of carbonyl (C=O) groups is 1. The van der Waals surface area contributed by atoms with Gasteiger partial charge in [0, 0.05) is 0 Å². The van der Waals surface area contributed by atoms with Crippen molar-refractivity contribution < 1.29 is 14.6 Å². The molecule has 0 bridgehead atoms. The lowest BCUT2D eigenvalue weighted by Crippen LogP contribution is -1.97. The minimum atomic E-state index is -1.04. The normalized spacial score (nSPS) is 10.1. The zero-order chi connectivity index (χ0) is 13.1. The first-order valence-corrected chi connectivity index (χ1v) is 5.67. The molecule has 0 heterocycles. The highest BCUT2D eigenvalue weighted by molar-refractivity contribution is 6.33. The number of benzene rings is 2. The van der Waals surface area contributed by atoms with Crippen LogP contribution in [0, 0.1) is 0 Å². The molecule has 2 rings (SSSR count). The third-order valence-corrected chi connectivity index (χ3v) is 2.93. The smallest absolute Gasteiger partial charge is 0.337 e. The standard InChI is InChI=1S/C14H11ClO3/c1-18-11-4-2-3-9(7-11)10-5-6-13(15)12(8-10)14(16)17/h2-8H,1H3,(H,16,17). The number of carboxylic acids is 1. The van der Waals surface area contributed by atoms with E-state index >= 15 is 0 Å². The van der Waals surface area contributed by atoms with Gasteiger partial charge in [-0.25, -0.2) is 4.79 Å². The quantitative estimate of drug-likeness (QED) is 0.917. The van der Waals surface area contributed by atoms with Crippen LogP contribution in [0.25, 0.3) is 11.1 Å². The molecule has 0 saturated heterocycles. The van der Waals surface area contributed by atoms with Crippen LogP contribution < -0.4 is 4.74 Å². The summed E-state index contributed by atoms with van der Waals surface area (Å²) in [6.07, 6.45) is 0. The van der Waals surface area contributed by atoms with Crippen LogP contribution >= 0.6 is 11.6 Å². The summed E-state index contributed by atoms with van der Waals surface area (Å²) >= 11 is 5.83. The third-order valence-electron chi connectivity index (χ3n) is 2.60. The predicted octanol–water partition coefficient (Wildman–Crippen LogP) is 3.71. The Hall–Kier alpha value is -2.00. The van der Waals surface area contributed by atoms with Gasteiger partial charge >= 0.3 is 5.97 Å². The average Bonchev–Trinajstić information content (AvgIpc) is 2.39. The Kier molecular flexibility index (Phi) is 3.53. The summed E-state index contributed by atoms with van der Waals surface area (Å²) in [5.41, 5.74) is 1.77. The Morgan fingerprint density at radius 2 is 1.89 bits per heavy atom. The van der Waals surface area contributed by atoms with Crippen molar-refractivity contribution in [3.63, 3.8) is 0 Å². The second kappa shape index (κ2) is 5.10. The molecule has 0 unspecified atom stereocenters. The molecule has 1 N–H and O–H groups in total. The second-order valence-electron chi connectivity index (χ2n) is 3.73. The highest BCUT2D eigenvalue weighted by atomic mass is 35.5. The number of hydrogen-bond donors (Lipinski definition) is 1. The molecule has 0 atom stereocenters. The summed E-state index contributed by atoms with van der Waals surface area (Å²) in [6.45, 7) is 0. The largest absolute Gasteiger partial charge is 0.497 e. The topological polar surface area (TPSA) is 46.5 Å². The van der Waals surface area contributed by atoms with Crippen molar-refractivity contribution in [2.45, 2.75) is 0 Å². The van der Waals surface area contributed by atoms with Crippen LogP contribution in [0.15, 0.2) is 42.5 Å². The van der Waals surface area contributed by atoms with Gasteiger partial charge < -0.3 is 9.84 Å². The maximum Gasteiger partial charge on any atom is 0.337 e. The third kappa shape index (κ3) is 2.46. The molecule has 18 heavy (non-hydrogen) atoms. The first kappa shape index (κ1) is 12.5. The first-order valence-electron chi connectivity index (χ1n) is 5.29. The van der Waals surface area contributed by atoms with E-state index in [1.807, 2.05) is 24.3 Å². The number of ether oxygens (including phenoxy) is 1. The van der Waals surface area contributed by atoms with E-state index < -0.39 is 5.97 Å². The molecular formula is C14H11ClO3. The zero-order valence-electron chi connectivity index (χ0n) is 9.68. The molecule has 0 saturated carbocycles. The molecule has 3 nitrogen and oxygen atoms in total. The van der Waals surface area contributed by atoms with Gasteiger partial charge in [-0.05, 0) is 35.4 Å². The van der Waals surface area contributed by atoms with Crippen LogP contribution in [0.2, 0.25) is 5.02 Å². The molecule has 0 radical (unpaired) electrons. The predicted molar refractivity (Wildman–Crippen MR) is 70.4 cm³/mol. The van der Waals surface area contributed by atoms with Crippen molar-refractivity contribution in [3.05, 3.63) is 53.1 Å². The van der Waals surface area contributed by atoms with Crippen LogP contribution in [0.1, 0.15) is 10.4 Å². The van der Waals surface area contributed by atoms with Crippen molar-refractivity contribution in [2.75, 3.05) is 7.11 Å². The molecule has 0 fully saturated rings. The molecule has 0 spiro atoms. The Morgan fingerprint density at radius 3 is 2.56 bits per heavy atom. The van der Waals surface area contributed by atoms with Crippen LogP contribution in [0.3, 0.4) is 0 Å². The molecule has 0 aromatic heterocycles. The summed E-state index contributed by atoms with van der Waals surface area (Å²) in [5.74, 6) is -0.316. The minimum Gasteiger partial charge on any atom is -0.497 e. The number of hydrogen-bond acceptors (Lipinski definition) is 2. The fraction of sp³-hybridized carbons (Fsp3) is 0.0714. The summed E-state index contributed by atoms with van der Waals surface area (Å²) in [5, 5.41) is 9.26. The zero-order valence-corrected chi connectivity index (χ0v) is 10.4. The fourth-order valence-electron chi connectivity index (χ4n) is 1.67. The first-order chi connectivity index (χ1) is 8.61. The van der Waals surface area contributed by atoms with E-state index in [-0.39, 0.29) is 10.6 Å². The maximum atomic E-state index is 11.0. The van der Waals surface area contributed by atoms with Crippen molar-refractivity contribution in [1.29, 1.82) is 0 Å². The van der Waals surface area contributed by atoms with E-state index in [1.54, 1.807) is 25.3 Å². The molecule has 0 aliphatic carbocycles. The van der Waals surface area contributed by atoms with E-state index in [4.69, 9.17) is 21.4 Å². The van der Waals surface area contributed by atoms with Gasteiger partial charge in [0.15, 0.2) is 0 Å². The molecule has 0 amide bonds. The number of aromatic carboxylic acids is 1. The van der Waals surface area contributed by atoms with Crippen LogP contribution in [-0.2, 0) is 0 Å². The maximum absolute atomic E-state index is 11.0. The fourth-order valence-corrected chi connectivity index (χ4v) is 1.87. The Labute approximate surface area is 110 Å². The number of carboxylic acid groups (broad SMARTS) is 1. The van der Waals surface area contributed by atoms with Crippen LogP contribution in [0.5, 0.6) is 5.75 Å². The molecule has 92 valence electrons. The van der Waals surface area contributed by atoms with Crippen molar-refractivity contribution in [2.24, 2.45) is 0 Å². The van der Waals surface area contributed by atoms with Gasteiger partial charge in [-0.15, -0.1) is 0 Å². The van der Waals surface area contributed by atoms with E-state index in [1.165, 1.54) is 0 Å². The van der Waals surface area contributed by atoms with Gasteiger partial charge in [-0.1, -0.05) is 29.8 Å². The average molecular weight is 263 g/mol. The number of rotatable bonds is 3. The van der Waals surface area contributed by atoms with Gasteiger partial charge in [-0.3, -0.25) is 0 Å². The van der Waals surface area contributed by atoms with Crippen molar-refractivity contribution in [1.82, 2.24) is 0 Å². The number of methoxy groups -OCH3 is 1. The monoisotopic (exact) mass is 262 g/mol. The second-order valence-corrected chi connectivity index (χ2v) is 4.14. The SMILES string of the molecule is COc1cccc(-c2ccc(Cl)c(C(=O)O)c2)c1.